The maximum absolute atomic E-state index is 13.4. The van der Waals surface area contributed by atoms with E-state index in [9.17, 15) is 40.7 Å². The van der Waals surface area contributed by atoms with Crippen molar-refractivity contribution in [2.24, 2.45) is 0 Å². The van der Waals surface area contributed by atoms with Gasteiger partial charge in [-0.3, -0.25) is 29.1 Å². The molecule has 1 aromatic heterocycles. The lowest BCUT2D eigenvalue weighted by atomic mass is 10.0. The van der Waals surface area contributed by atoms with Gasteiger partial charge in [-0.2, -0.15) is 26.3 Å². The third-order valence-corrected chi connectivity index (χ3v) is 8.28. The van der Waals surface area contributed by atoms with Gasteiger partial charge in [0.2, 0.25) is 5.43 Å². The van der Waals surface area contributed by atoms with Gasteiger partial charge in [0.15, 0.2) is 0 Å². The fraction of sp³-hybridized carbons (Fsp3) is 0.360. The number of rotatable bonds is 7. The highest BCUT2D eigenvalue weighted by molar-refractivity contribution is 8.26. The number of carbonyl (C=O) groups is 2. The standard InChI is InChI=1S/C25H21ClF6N4O4S2/c26-21-17(33-16(10-18(21)37)13-7-14(24(27,28)29)9-15(8-13)25(30,31)32)11-19-22(40)36(23(41)42-19)6-5-34-1-3-35(4-2-34)12-20(38)39/h7-11H,1-6,12H2,(H,33,37)(H,38,39)/b19-11-. The minimum atomic E-state index is -5.09. The molecule has 42 heavy (non-hydrogen) atoms. The number of nitrogens with one attached hydrogen (secondary N) is 1. The number of halogens is 7. The number of aromatic amines is 1. The first-order valence-corrected chi connectivity index (χ1v) is 13.8. The Kier molecular flexibility index (Phi) is 9.42. The van der Waals surface area contributed by atoms with E-state index in [4.69, 9.17) is 28.9 Å². The quantitative estimate of drug-likeness (QED) is 0.254. The molecule has 0 unspecified atom stereocenters. The van der Waals surface area contributed by atoms with Crippen molar-refractivity contribution < 1.29 is 41.0 Å². The molecule has 3 heterocycles. The molecule has 2 aliphatic heterocycles. The van der Waals surface area contributed by atoms with Crippen molar-refractivity contribution in [1.29, 1.82) is 0 Å². The number of benzene rings is 1. The van der Waals surface area contributed by atoms with Gasteiger partial charge in [0.05, 0.1) is 28.3 Å². The summed E-state index contributed by atoms with van der Waals surface area (Å²) >= 11 is 12.3. The van der Waals surface area contributed by atoms with Crippen LogP contribution < -0.4 is 5.43 Å². The van der Waals surface area contributed by atoms with Crippen molar-refractivity contribution in [2.75, 3.05) is 45.8 Å². The zero-order valence-electron chi connectivity index (χ0n) is 21.3. The van der Waals surface area contributed by atoms with Crippen molar-refractivity contribution >= 4 is 57.9 Å². The van der Waals surface area contributed by atoms with Crippen molar-refractivity contribution in [3.63, 3.8) is 0 Å². The zero-order chi connectivity index (χ0) is 31.0. The first kappa shape index (κ1) is 32.0. The molecule has 2 saturated heterocycles. The molecule has 2 fully saturated rings. The smallest absolute Gasteiger partial charge is 0.416 e. The average molecular weight is 655 g/mol. The Morgan fingerprint density at radius 2 is 1.55 bits per heavy atom. The predicted molar refractivity (Wildman–Crippen MR) is 148 cm³/mol. The topological polar surface area (TPSA) is 96.9 Å². The molecule has 0 radical (unpaired) electrons. The molecule has 226 valence electrons. The van der Waals surface area contributed by atoms with Crippen LogP contribution in [0.4, 0.5) is 26.3 Å². The van der Waals surface area contributed by atoms with Crippen LogP contribution in [-0.2, 0) is 21.9 Å². The number of carboxylic acid groups (broad SMARTS) is 1. The number of nitrogens with zero attached hydrogens (tertiary/aromatic N) is 3. The lowest BCUT2D eigenvalue weighted by Crippen LogP contribution is -2.49. The lowest BCUT2D eigenvalue weighted by molar-refractivity contribution is -0.143. The molecule has 0 spiro atoms. The Bertz CT molecular complexity index is 1470. The van der Waals surface area contributed by atoms with Gasteiger partial charge in [-0.25, -0.2) is 0 Å². The van der Waals surface area contributed by atoms with Crippen LogP contribution >= 0.6 is 35.6 Å². The first-order chi connectivity index (χ1) is 19.5. The summed E-state index contributed by atoms with van der Waals surface area (Å²) in [6.45, 7) is 2.88. The molecule has 8 nitrogen and oxygen atoms in total. The summed E-state index contributed by atoms with van der Waals surface area (Å²) in [6, 6.07) is 1.69. The van der Waals surface area contributed by atoms with E-state index in [-0.39, 0.29) is 39.8 Å². The van der Waals surface area contributed by atoms with E-state index in [1.54, 1.807) is 4.90 Å². The SMILES string of the molecule is O=C(O)CN1CCN(CCN2C(=O)/C(=C/c3[nH]c(-c4cc(C(F)(F)F)cc(C(F)(F)F)c4)cc(=O)c3Cl)SC2=S)CC1. The Hall–Kier alpha value is -2.92. The van der Waals surface area contributed by atoms with E-state index in [0.29, 0.717) is 44.9 Å². The number of piperazine rings is 1. The van der Waals surface area contributed by atoms with Gasteiger partial charge in [-0.15, -0.1) is 0 Å². The molecule has 1 amide bonds. The van der Waals surface area contributed by atoms with Gasteiger partial charge < -0.3 is 10.1 Å². The summed E-state index contributed by atoms with van der Waals surface area (Å²) in [5.41, 5.74) is -5.13. The minimum Gasteiger partial charge on any atom is -0.480 e. The molecule has 1 aromatic carbocycles. The molecule has 0 aliphatic carbocycles. The van der Waals surface area contributed by atoms with Crippen LogP contribution in [0.25, 0.3) is 17.3 Å². The second-order valence-electron chi connectivity index (χ2n) is 9.41. The summed E-state index contributed by atoms with van der Waals surface area (Å²) in [5, 5.41) is 8.50. The average Bonchev–Trinajstić information content (AvgIpc) is 3.16. The number of thiocarbonyl (C=S) groups is 1. The number of hydrogen-bond acceptors (Lipinski definition) is 7. The van der Waals surface area contributed by atoms with E-state index in [0.717, 1.165) is 17.8 Å². The van der Waals surface area contributed by atoms with E-state index in [1.165, 1.54) is 11.0 Å². The van der Waals surface area contributed by atoms with Crippen molar-refractivity contribution in [1.82, 2.24) is 19.7 Å². The number of alkyl halides is 6. The summed E-state index contributed by atoms with van der Waals surface area (Å²) in [4.78, 5) is 44.3. The second-order valence-corrected chi connectivity index (χ2v) is 11.5. The molecule has 0 bridgehead atoms. The number of amides is 1. The predicted octanol–water partition coefficient (Wildman–Crippen LogP) is 4.64. The van der Waals surface area contributed by atoms with Crippen LogP contribution in [0.5, 0.6) is 0 Å². The zero-order valence-corrected chi connectivity index (χ0v) is 23.7. The van der Waals surface area contributed by atoms with Crippen LogP contribution in [0.15, 0.2) is 34.0 Å². The number of carboxylic acids is 1. The van der Waals surface area contributed by atoms with Crippen LogP contribution in [0.1, 0.15) is 16.8 Å². The van der Waals surface area contributed by atoms with E-state index >= 15 is 0 Å². The number of thioether (sulfide) groups is 1. The maximum atomic E-state index is 13.4. The lowest BCUT2D eigenvalue weighted by Gasteiger charge is -2.34. The van der Waals surface area contributed by atoms with Crippen LogP contribution in [-0.4, -0.2) is 86.8 Å². The number of carbonyl (C=O) groups excluding carboxylic acids is 1. The van der Waals surface area contributed by atoms with Crippen LogP contribution in [0.3, 0.4) is 0 Å². The minimum absolute atomic E-state index is 0.0280. The Balaban J connectivity index is 1.56. The van der Waals surface area contributed by atoms with Crippen molar-refractivity contribution in [3.05, 3.63) is 61.2 Å². The van der Waals surface area contributed by atoms with Gasteiger partial charge in [-0.05, 0) is 29.8 Å². The van der Waals surface area contributed by atoms with Crippen LogP contribution in [0, 0.1) is 0 Å². The number of hydrogen-bond donors (Lipinski definition) is 2. The number of aliphatic carboxylic acids is 1. The van der Waals surface area contributed by atoms with Crippen molar-refractivity contribution in [2.45, 2.75) is 12.4 Å². The van der Waals surface area contributed by atoms with Gasteiger partial charge in [0, 0.05) is 51.0 Å². The van der Waals surface area contributed by atoms with Gasteiger partial charge in [-0.1, -0.05) is 35.6 Å². The largest absolute Gasteiger partial charge is 0.480 e. The Morgan fingerprint density at radius 3 is 2.10 bits per heavy atom. The monoisotopic (exact) mass is 654 g/mol. The van der Waals surface area contributed by atoms with Gasteiger partial charge >= 0.3 is 18.3 Å². The highest BCUT2D eigenvalue weighted by Gasteiger charge is 2.37. The molecule has 4 rings (SSSR count). The van der Waals surface area contributed by atoms with Gasteiger partial charge in [0.25, 0.3) is 5.91 Å². The fourth-order valence-corrected chi connectivity index (χ4v) is 5.80. The molecule has 0 saturated carbocycles. The van der Waals surface area contributed by atoms with Crippen LogP contribution in [0.2, 0.25) is 5.02 Å². The third-order valence-electron chi connectivity index (χ3n) is 6.51. The summed E-state index contributed by atoms with van der Waals surface area (Å²) in [7, 11) is 0. The molecule has 2 N–H and O–H groups in total. The highest BCUT2D eigenvalue weighted by atomic mass is 35.5. The van der Waals surface area contributed by atoms with E-state index < -0.39 is 51.4 Å². The van der Waals surface area contributed by atoms with Gasteiger partial charge in [0.1, 0.15) is 9.34 Å². The molecule has 0 atom stereocenters. The normalized spacial score (nSPS) is 18.4. The fourth-order valence-electron chi connectivity index (χ4n) is 4.36. The number of aromatic nitrogens is 1. The molecular weight excluding hydrogens is 634 g/mol. The van der Waals surface area contributed by atoms with E-state index in [2.05, 4.69) is 4.98 Å². The molecule has 2 aromatic rings. The maximum Gasteiger partial charge on any atom is 0.416 e. The summed E-state index contributed by atoms with van der Waals surface area (Å²) in [5.74, 6) is -1.43. The molecule has 17 heteroatoms. The summed E-state index contributed by atoms with van der Waals surface area (Å²) in [6.07, 6.45) is -9.01. The van der Waals surface area contributed by atoms with E-state index in [1.807, 2.05) is 4.90 Å². The summed E-state index contributed by atoms with van der Waals surface area (Å²) < 4.78 is 80.3. The number of pyridine rings is 1. The van der Waals surface area contributed by atoms with Crippen molar-refractivity contribution in [3.8, 4) is 11.3 Å². The second kappa shape index (κ2) is 12.4. The highest BCUT2D eigenvalue weighted by Crippen LogP contribution is 2.39. The Labute approximate surface area is 248 Å². The third kappa shape index (κ3) is 7.53. The molecule has 2 aliphatic rings. The number of H-pyrrole nitrogens is 1. The first-order valence-electron chi connectivity index (χ1n) is 12.2. The Morgan fingerprint density at radius 1 is 0.976 bits per heavy atom. The molecular formula is C25H21ClF6N4O4S2.